The van der Waals surface area contributed by atoms with Gasteiger partial charge in [0.1, 0.15) is 17.4 Å². The highest BCUT2D eigenvalue weighted by atomic mass is 79.9. The van der Waals surface area contributed by atoms with Crippen molar-refractivity contribution < 1.29 is 22.6 Å². The van der Waals surface area contributed by atoms with Crippen LogP contribution in [0.1, 0.15) is 30.2 Å². The van der Waals surface area contributed by atoms with Crippen LogP contribution in [-0.4, -0.2) is 28.7 Å². The second-order valence-corrected chi connectivity index (χ2v) is 8.14. The van der Waals surface area contributed by atoms with Crippen molar-refractivity contribution in [1.82, 2.24) is 9.78 Å². The summed E-state index contributed by atoms with van der Waals surface area (Å²) in [5.41, 5.74) is 0.279. The lowest BCUT2D eigenvalue weighted by Gasteiger charge is -2.29. The number of nitrogens with zero attached hydrogens (tertiary/aromatic N) is 2. The van der Waals surface area contributed by atoms with Gasteiger partial charge in [-0.3, -0.25) is 0 Å². The summed E-state index contributed by atoms with van der Waals surface area (Å²) in [6.45, 7) is 0.864. The van der Waals surface area contributed by atoms with Crippen molar-refractivity contribution in [1.29, 1.82) is 0 Å². The summed E-state index contributed by atoms with van der Waals surface area (Å²) in [4.78, 5) is 0.622. The van der Waals surface area contributed by atoms with E-state index < -0.39 is 11.7 Å². The van der Waals surface area contributed by atoms with Gasteiger partial charge >= 0.3 is 6.18 Å². The SMILES string of the molecule is COCn1nc(Br)cc1C1CC(Sc2cccc(C(F)(F)F)c2)CCO1. The van der Waals surface area contributed by atoms with Crippen molar-refractivity contribution in [2.24, 2.45) is 0 Å². The molecule has 1 aromatic carbocycles. The third-order valence-corrected chi connectivity index (χ3v) is 5.74. The zero-order chi connectivity index (χ0) is 18.7. The van der Waals surface area contributed by atoms with Crippen LogP contribution < -0.4 is 0 Å². The van der Waals surface area contributed by atoms with Gasteiger partial charge in [0.15, 0.2) is 0 Å². The molecular formula is C17H18BrF3N2O2S. The topological polar surface area (TPSA) is 36.3 Å². The van der Waals surface area contributed by atoms with Crippen LogP contribution in [0.3, 0.4) is 0 Å². The molecule has 3 rings (SSSR count). The van der Waals surface area contributed by atoms with E-state index in [-0.39, 0.29) is 11.4 Å². The van der Waals surface area contributed by atoms with E-state index in [1.54, 1.807) is 17.9 Å². The number of alkyl halides is 3. The molecule has 1 aliphatic heterocycles. The molecule has 1 saturated heterocycles. The first kappa shape index (κ1) is 19.7. The van der Waals surface area contributed by atoms with Crippen LogP contribution in [-0.2, 0) is 22.4 Å². The van der Waals surface area contributed by atoms with Gasteiger partial charge in [-0.05, 0) is 53.0 Å². The van der Waals surface area contributed by atoms with E-state index in [1.807, 2.05) is 6.07 Å². The molecule has 0 N–H and O–H groups in total. The van der Waals surface area contributed by atoms with Crippen molar-refractivity contribution in [2.75, 3.05) is 13.7 Å². The second-order valence-electron chi connectivity index (χ2n) is 5.96. The Bertz CT molecular complexity index is 754. The third-order valence-electron chi connectivity index (χ3n) is 4.06. The van der Waals surface area contributed by atoms with E-state index >= 15 is 0 Å². The molecule has 4 nitrogen and oxygen atoms in total. The Balaban J connectivity index is 1.71. The van der Waals surface area contributed by atoms with Crippen LogP contribution in [0.4, 0.5) is 13.2 Å². The molecule has 2 unspecified atom stereocenters. The molecule has 0 radical (unpaired) electrons. The lowest BCUT2D eigenvalue weighted by Crippen LogP contribution is -2.24. The van der Waals surface area contributed by atoms with Crippen LogP contribution in [0.15, 0.2) is 39.8 Å². The highest BCUT2D eigenvalue weighted by molar-refractivity contribution is 9.10. The zero-order valence-electron chi connectivity index (χ0n) is 14.0. The quantitative estimate of drug-likeness (QED) is 0.620. The number of ether oxygens (including phenoxy) is 2. The Labute approximate surface area is 162 Å². The van der Waals surface area contributed by atoms with Crippen LogP contribution in [0.25, 0.3) is 0 Å². The molecule has 2 aromatic rings. The number of aromatic nitrogens is 2. The molecule has 0 spiro atoms. The Kier molecular flexibility index (Phi) is 6.32. The number of hydrogen-bond acceptors (Lipinski definition) is 4. The first-order valence-corrected chi connectivity index (χ1v) is 9.72. The number of thioether (sulfide) groups is 1. The van der Waals surface area contributed by atoms with Gasteiger partial charge in [0.25, 0.3) is 0 Å². The predicted molar refractivity (Wildman–Crippen MR) is 96.0 cm³/mol. The van der Waals surface area contributed by atoms with Crippen LogP contribution >= 0.6 is 27.7 Å². The Morgan fingerprint density at radius 1 is 1.38 bits per heavy atom. The van der Waals surface area contributed by atoms with Crippen molar-refractivity contribution in [2.45, 2.75) is 42.0 Å². The van der Waals surface area contributed by atoms with E-state index in [1.165, 1.54) is 23.9 Å². The maximum atomic E-state index is 12.9. The molecule has 2 heterocycles. The fourth-order valence-electron chi connectivity index (χ4n) is 2.90. The summed E-state index contributed by atoms with van der Waals surface area (Å²) < 4.78 is 52.1. The summed E-state index contributed by atoms with van der Waals surface area (Å²) in [6, 6.07) is 7.36. The number of hydrogen-bond donors (Lipinski definition) is 0. The largest absolute Gasteiger partial charge is 0.416 e. The molecule has 0 saturated carbocycles. The number of halogens is 4. The summed E-state index contributed by atoms with van der Waals surface area (Å²) in [6.07, 6.45) is -3.01. The molecule has 26 heavy (non-hydrogen) atoms. The van der Waals surface area contributed by atoms with Crippen molar-refractivity contribution in [3.63, 3.8) is 0 Å². The zero-order valence-corrected chi connectivity index (χ0v) is 16.4. The standard InChI is InChI=1S/C17H18BrF3N2O2S/c1-24-10-23-14(9-16(18)22-23)15-8-13(5-6-25-15)26-12-4-2-3-11(7-12)17(19,20)21/h2-4,7,9,13,15H,5-6,8,10H2,1H3. The van der Waals surface area contributed by atoms with Gasteiger partial charge in [0.2, 0.25) is 0 Å². The fraction of sp³-hybridized carbons (Fsp3) is 0.471. The highest BCUT2D eigenvalue weighted by Crippen LogP contribution is 2.39. The molecule has 1 aliphatic rings. The van der Waals surface area contributed by atoms with Crippen LogP contribution in [0.5, 0.6) is 0 Å². The van der Waals surface area contributed by atoms with Gasteiger partial charge in [-0.2, -0.15) is 18.3 Å². The molecule has 1 fully saturated rings. The van der Waals surface area contributed by atoms with Crippen molar-refractivity contribution >= 4 is 27.7 Å². The van der Waals surface area contributed by atoms with E-state index in [2.05, 4.69) is 21.0 Å². The van der Waals surface area contributed by atoms with E-state index in [9.17, 15) is 13.2 Å². The second kappa shape index (κ2) is 8.33. The van der Waals surface area contributed by atoms with Gasteiger partial charge < -0.3 is 9.47 Å². The molecule has 0 amide bonds. The van der Waals surface area contributed by atoms with Crippen LogP contribution in [0, 0.1) is 0 Å². The number of rotatable bonds is 5. The first-order chi connectivity index (χ1) is 12.4. The van der Waals surface area contributed by atoms with Gasteiger partial charge in [0, 0.05) is 23.9 Å². The lowest BCUT2D eigenvalue weighted by molar-refractivity contribution is -0.137. The summed E-state index contributed by atoms with van der Waals surface area (Å²) in [5, 5.41) is 4.49. The fourth-order valence-corrected chi connectivity index (χ4v) is 4.55. The first-order valence-electron chi connectivity index (χ1n) is 8.04. The smallest absolute Gasteiger partial charge is 0.372 e. The summed E-state index contributed by atoms with van der Waals surface area (Å²) in [5.74, 6) is 0. The molecule has 0 bridgehead atoms. The van der Waals surface area contributed by atoms with E-state index in [0.717, 1.165) is 18.2 Å². The van der Waals surface area contributed by atoms with Crippen molar-refractivity contribution in [3.8, 4) is 0 Å². The minimum atomic E-state index is -4.33. The molecule has 2 atom stereocenters. The van der Waals surface area contributed by atoms with E-state index in [4.69, 9.17) is 9.47 Å². The summed E-state index contributed by atoms with van der Waals surface area (Å²) >= 11 is 4.83. The predicted octanol–water partition coefficient (Wildman–Crippen LogP) is 5.28. The van der Waals surface area contributed by atoms with Crippen LogP contribution in [0.2, 0.25) is 0 Å². The lowest BCUT2D eigenvalue weighted by atomic mass is 10.1. The normalized spacial score (nSPS) is 21.1. The monoisotopic (exact) mass is 450 g/mol. The summed E-state index contributed by atoms with van der Waals surface area (Å²) in [7, 11) is 1.59. The minimum absolute atomic E-state index is 0.166. The van der Waals surface area contributed by atoms with E-state index in [0.29, 0.717) is 29.3 Å². The maximum Gasteiger partial charge on any atom is 0.416 e. The number of benzene rings is 1. The third kappa shape index (κ3) is 4.82. The highest BCUT2D eigenvalue weighted by Gasteiger charge is 2.31. The average Bonchev–Trinajstić information content (AvgIpc) is 2.95. The molecule has 9 heteroatoms. The number of methoxy groups -OCH3 is 1. The maximum absolute atomic E-state index is 12.9. The van der Waals surface area contributed by atoms with Gasteiger partial charge in [-0.15, -0.1) is 11.8 Å². The Morgan fingerprint density at radius 2 is 2.19 bits per heavy atom. The van der Waals surface area contributed by atoms with Gasteiger partial charge in [-0.25, -0.2) is 4.68 Å². The molecule has 142 valence electrons. The minimum Gasteiger partial charge on any atom is -0.372 e. The van der Waals surface area contributed by atoms with Gasteiger partial charge in [-0.1, -0.05) is 6.07 Å². The van der Waals surface area contributed by atoms with Gasteiger partial charge in [0.05, 0.1) is 11.3 Å². The molecular weight excluding hydrogens is 433 g/mol. The average molecular weight is 451 g/mol. The Hall–Kier alpha value is -1.03. The Morgan fingerprint density at radius 3 is 2.92 bits per heavy atom. The molecule has 0 aliphatic carbocycles. The van der Waals surface area contributed by atoms with Crippen molar-refractivity contribution in [3.05, 3.63) is 46.2 Å². The molecule has 1 aromatic heterocycles.